The van der Waals surface area contributed by atoms with Gasteiger partial charge in [0.15, 0.2) is 0 Å². The Kier molecular flexibility index (Phi) is 8.83. The summed E-state index contributed by atoms with van der Waals surface area (Å²) in [7, 11) is 0. The van der Waals surface area contributed by atoms with E-state index in [0.29, 0.717) is 28.1 Å². The number of halogens is 2. The van der Waals surface area contributed by atoms with Crippen molar-refractivity contribution < 1.29 is 14.6 Å². The molecule has 0 saturated carbocycles. The lowest BCUT2D eigenvalue weighted by molar-refractivity contribution is -0.130. The van der Waals surface area contributed by atoms with Crippen LogP contribution in [-0.4, -0.2) is 22.7 Å². The number of benzene rings is 2. The number of aromatic nitrogens is 1. The SMILES string of the molecule is O=C(O)C(=COCCCc1ccccc1)c1cccc(CSc2c(Cl)cccc2Cl)n1. The molecule has 0 aliphatic carbocycles. The Balaban J connectivity index is 1.62. The molecule has 0 saturated heterocycles. The Bertz CT molecular complexity index is 1040. The van der Waals surface area contributed by atoms with Crippen molar-refractivity contribution in [2.75, 3.05) is 6.61 Å². The summed E-state index contributed by atoms with van der Waals surface area (Å²) in [6, 6.07) is 20.7. The molecule has 3 aromatic rings. The molecule has 0 fully saturated rings. The van der Waals surface area contributed by atoms with Gasteiger partial charge < -0.3 is 9.84 Å². The van der Waals surface area contributed by atoms with E-state index in [1.807, 2.05) is 24.3 Å². The smallest absolute Gasteiger partial charge is 0.341 e. The van der Waals surface area contributed by atoms with Crippen LogP contribution in [-0.2, 0) is 21.7 Å². The van der Waals surface area contributed by atoms with Crippen LogP contribution >= 0.6 is 35.0 Å². The standard InChI is InChI=1S/C24H21Cl2NO3S/c25-20-11-5-12-21(26)23(20)31-16-18-10-4-13-22(27-18)19(24(28)29)15-30-14-6-9-17-7-2-1-3-8-17/h1-5,7-8,10-13,15H,6,9,14,16H2,(H,28,29). The lowest BCUT2D eigenvalue weighted by atomic mass is 10.1. The van der Waals surface area contributed by atoms with Crippen molar-refractivity contribution >= 4 is 46.5 Å². The Labute approximate surface area is 195 Å². The highest BCUT2D eigenvalue weighted by molar-refractivity contribution is 7.98. The van der Waals surface area contributed by atoms with E-state index in [9.17, 15) is 9.90 Å². The molecule has 0 spiro atoms. The van der Waals surface area contributed by atoms with Crippen LogP contribution in [0, 0.1) is 0 Å². The summed E-state index contributed by atoms with van der Waals surface area (Å²) in [5.74, 6) is -0.586. The normalized spacial score (nSPS) is 11.4. The number of carboxylic acids is 1. The third-order valence-corrected chi connectivity index (χ3v) is 6.39. The highest BCUT2D eigenvalue weighted by Crippen LogP contribution is 2.35. The first-order valence-electron chi connectivity index (χ1n) is 9.66. The van der Waals surface area contributed by atoms with Crippen LogP contribution in [0.5, 0.6) is 0 Å². The summed E-state index contributed by atoms with van der Waals surface area (Å²) in [6.07, 6.45) is 2.93. The van der Waals surface area contributed by atoms with Crippen LogP contribution in [0.25, 0.3) is 5.57 Å². The molecule has 0 bridgehead atoms. The van der Waals surface area contributed by atoms with Crippen molar-refractivity contribution in [3.05, 3.63) is 100.0 Å². The van der Waals surface area contributed by atoms with Gasteiger partial charge in [0, 0.05) is 10.6 Å². The van der Waals surface area contributed by atoms with E-state index in [4.69, 9.17) is 27.9 Å². The van der Waals surface area contributed by atoms with Gasteiger partial charge in [-0.15, -0.1) is 11.8 Å². The first kappa shape index (κ1) is 23.2. The molecule has 1 N–H and O–H groups in total. The molecule has 3 rings (SSSR count). The molecule has 1 heterocycles. The van der Waals surface area contributed by atoms with Gasteiger partial charge in [0.25, 0.3) is 0 Å². The monoisotopic (exact) mass is 473 g/mol. The van der Waals surface area contributed by atoms with Crippen molar-refractivity contribution in [3.63, 3.8) is 0 Å². The molecular formula is C24H21Cl2NO3S. The molecule has 0 aliphatic rings. The van der Waals surface area contributed by atoms with E-state index in [-0.39, 0.29) is 5.57 Å². The molecule has 0 unspecified atom stereocenters. The van der Waals surface area contributed by atoms with Crippen LogP contribution in [0.2, 0.25) is 10.0 Å². The lowest BCUT2D eigenvalue weighted by Crippen LogP contribution is -2.04. The molecule has 0 radical (unpaired) electrons. The number of ether oxygens (including phenoxy) is 1. The fourth-order valence-electron chi connectivity index (χ4n) is 2.84. The van der Waals surface area contributed by atoms with Crippen molar-refractivity contribution in [1.29, 1.82) is 0 Å². The molecule has 4 nitrogen and oxygen atoms in total. The van der Waals surface area contributed by atoms with Gasteiger partial charge in [-0.2, -0.15) is 0 Å². The minimum Gasteiger partial charge on any atom is -0.500 e. The Morgan fingerprint density at radius 1 is 1.00 bits per heavy atom. The maximum atomic E-state index is 11.7. The molecule has 2 aromatic carbocycles. The zero-order valence-electron chi connectivity index (χ0n) is 16.6. The van der Waals surface area contributed by atoms with Gasteiger partial charge in [0.2, 0.25) is 0 Å². The number of pyridine rings is 1. The average Bonchev–Trinajstić information content (AvgIpc) is 2.76. The van der Waals surface area contributed by atoms with E-state index in [1.54, 1.807) is 30.3 Å². The second kappa shape index (κ2) is 11.8. The van der Waals surface area contributed by atoms with E-state index >= 15 is 0 Å². The highest BCUT2D eigenvalue weighted by atomic mass is 35.5. The van der Waals surface area contributed by atoms with Crippen molar-refractivity contribution in [3.8, 4) is 0 Å². The second-order valence-corrected chi connectivity index (χ2v) is 8.45. The molecule has 0 amide bonds. The first-order valence-corrected chi connectivity index (χ1v) is 11.4. The molecule has 160 valence electrons. The first-order chi connectivity index (χ1) is 15.0. The predicted octanol–water partition coefficient (Wildman–Crippen LogP) is 6.76. The number of aryl methyl sites for hydroxylation is 1. The van der Waals surface area contributed by atoms with Crippen LogP contribution in [0.15, 0.2) is 77.9 Å². The summed E-state index contributed by atoms with van der Waals surface area (Å²) in [4.78, 5) is 17.0. The summed E-state index contributed by atoms with van der Waals surface area (Å²) >= 11 is 13.9. The van der Waals surface area contributed by atoms with Gasteiger partial charge >= 0.3 is 5.97 Å². The minimum atomic E-state index is -1.09. The number of carbonyl (C=O) groups is 1. The fourth-order valence-corrected chi connectivity index (χ4v) is 4.43. The number of hydrogen-bond acceptors (Lipinski definition) is 4. The molecule has 1 aromatic heterocycles. The largest absolute Gasteiger partial charge is 0.500 e. The van der Waals surface area contributed by atoms with Crippen molar-refractivity contribution in [2.24, 2.45) is 0 Å². The number of hydrogen-bond donors (Lipinski definition) is 1. The Morgan fingerprint density at radius 3 is 2.42 bits per heavy atom. The molecule has 31 heavy (non-hydrogen) atoms. The third-order valence-electron chi connectivity index (χ3n) is 4.37. The van der Waals surface area contributed by atoms with Gasteiger partial charge in [-0.25, -0.2) is 4.79 Å². The van der Waals surface area contributed by atoms with E-state index in [0.717, 1.165) is 23.4 Å². The molecule has 7 heteroatoms. The topological polar surface area (TPSA) is 59.4 Å². The highest BCUT2D eigenvalue weighted by Gasteiger charge is 2.14. The van der Waals surface area contributed by atoms with E-state index < -0.39 is 5.97 Å². The van der Waals surface area contributed by atoms with E-state index in [1.165, 1.54) is 23.6 Å². The van der Waals surface area contributed by atoms with Crippen molar-refractivity contribution in [2.45, 2.75) is 23.5 Å². The maximum Gasteiger partial charge on any atom is 0.341 e. The number of nitrogens with zero attached hydrogens (tertiary/aromatic N) is 1. The molecule has 0 aliphatic heterocycles. The van der Waals surface area contributed by atoms with Crippen molar-refractivity contribution in [1.82, 2.24) is 4.98 Å². The number of aliphatic carboxylic acids is 1. The summed E-state index contributed by atoms with van der Waals surface area (Å²) in [5, 5.41) is 10.8. The van der Waals surface area contributed by atoms with Gasteiger partial charge in [0.1, 0.15) is 5.57 Å². The van der Waals surface area contributed by atoms with E-state index in [2.05, 4.69) is 17.1 Å². The quantitative estimate of drug-likeness (QED) is 0.152. The van der Waals surface area contributed by atoms with Gasteiger partial charge in [0.05, 0.1) is 34.3 Å². The average molecular weight is 474 g/mol. The van der Waals surface area contributed by atoms with Crippen LogP contribution in [0.4, 0.5) is 0 Å². The number of rotatable bonds is 10. The summed E-state index contributed by atoms with van der Waals surface area (Å²) in [5.41, 5.74) is 2.30. The Hall–Kier alpha value is -2.47. The lowest BCUT2D eigenvalue weighted by Gasteiger charge is -2.08. The fraction of sp³-hybridized carbons (Fsp3) is 0.167. The van der Waals surface area contributed by atoms with Gasteiger partial charge in [-0.3, -0.25) is 4.98 Å². The zero-order chi connectivity index (χ0) is 22.1. The van der Waals surface area contributed by atoms with Crippen LogP contribution < -0.4 is 0 Å². The number of carboxylic acid groups (broad SMARTS) is 1. The molecule has 0 atom stereocenters. The van der Waals surface area contributed by atoms with Gasteiger partial charge in [-0.05, 0) is 42.7 Å². The van der Waals surface area contributed by atoms with Gasteiger partial charge in [-0.1, -0.05) is 65.7 Å². The number of thioether (sulfide) groups is 1. The Morgan fingerprint density at radius 2 is 1.71 bits per heavy atom. The van der Waals surface area contributed by atoms with Crippen LogP contribution in [0.3, 0.4) is 0 Å². The minimum absolute atomic E-state index is 0.0161. The predicted molar refractivity (Wildman–Crippen MR) is 127 cm³/mol. The summed E-state index contributed by atoms with van der Waals surface area (Å²) < 4.78 is 5.51. The molecular weight excluding hydrogens is 453 g/mol. The summed E-state index contributed by atoms with van der Waals surface area (Å²) in [6.45, 7) is 0.423. The third kappa shape index (κ3) is 7.03. The zero-order valence-corrected chi connectivity index (χ0v) is 19.0. The maximum absolute atomic E-state index is 11.7. The second-order valence-electron chi connectivity index (χ2n) is 6.65. The van der Waals surface area contributed by atoms with Crippen LogP contribution in [0.1, 0.15) is 23.4 Å².